The molecule has 0 bridgehead atoms. The lowest BCUT2D eigenvalue weighted by Crippen LogP contribution is -2.13. The van der Waals surface area contributed by atoms with Crippen LogP contribution in [0.4, 0.5) is 0 Å². The molecule has 3 aromatic rings. The van der Waals surface area contributed by atoms with Crippen molar-refractivity contribution in [1.82, 2.24) is 9.78 Å². The molecular formula is C23H26N2O3. The number of ether oxygens (including phenoxy) is 1. The van der Waals surface area contributed by atoms with Gasteiger partial charge in [-0.1, -0.05) is 69.7 Å². The summed E-state index contributed by atoms with van der Waals surface area (Å²) < 4.78 is 7.19. The monoisotopic (exact) mass is 378 g/mol. The van der Waals surface area contributed by atoms with E-state index in [1.54, 1.807) is 0 Å². The van der Waals surface area contributed by atoms with Crippen LogP contribution < -0.4 is 0 Å². The Morgan fingerprint density at radius 2 is 1.82 bits per heavy atom. The fourth-order valence-electron chi connectivity index (χ4n) is 3.08. The molecule has 0 fully saturated rings. The van der Waals surface area contributed by atoms with Gasteiger partial charge in [-0.2, -0.15) is 5.10 Å². The van der Waals surface area contributed by atoms with Crippen molar-refractivity contribution in [3.05, 3.63) is 77.6 Å². The fourth-order valence-corrected chi connectivity index (χ4v) is 3.08. The molecule has 28 heavy (non-hydrogen) atoms. The van der Waals surface area contributed by atoms with Crippen LogP contribution in [0, 0.1) is 0 Å². The van der Waals surface area contributed by atoms with Gasteiger partial charge in [0.05, 0.1) is 11.9 Å². The van der Waals surface area contributed by atoms with Crippen LogP contribution >= 0.6 is 0 Å². The normalized spacial score (nSPS) is 12.1. The number of aromatic hydroxyl groups is 1. The maximum atomic E-state index is 12.7. The second kappa shape index (κ2) is 8.74. The molecule has 1 N–H and O–H groups in total. The highest BCUT2D eigenvalue weighted by atomic mass is 16.5. The fraction of sp³-hybridized carbons (Fsp3) is 0.304. The standard InChI is InChI=1S/C23H26N2O3/c1-4-9-21(17-10-6-5-7-11-17)28-23(27)22-20(26)15-25(24-22)19-13-8-12-18(14-19)16(2)3/h5-8,10-16,21,26H,4,9H2,1-3H3. The second-order valence-electron chi connectivity index (χ2n) is 7.15. The summed E-state index contributed by atoms with van der Waals surface area (Å²) in [5.74, 6) is -0.448. The van der Waals surface area contributed by atoms with Gasteiger partial charge in [0.2, 0.25) is 5.69 Å². The zero-order valence-corrected chi connectivity index (χ0v) is 16.5. The molecule has 0 aliphatic rings. The Kier molecular flexibility index (Phi) is 6.14. The number of aromatic nitrogens is 2. The predicted octanol–water partition coefficient (Wildman–Crippen LogP) is 5.40. The summed E-state index contributed by atoms with van der Waals surface area (Å²) >= 11 is 0. The molecule has 146 valence electrons. The minimum absolute atomic E-state index is 0.0769. The molecule has 2 aromatic carbocycles. The van der Waals surface area contributed by atoms with Gasteiger partial charge < -0.3 is 9.84 Å². The molecular weight excluding hydrogens is 352 g/mol. The average Bonchev–Trinajstić information content (AvgIpc) is 3.10. The largest absolute Gasteiger partial charge is 0.504 e. The Morgan fingerprint density at radius 3 is 2.50 bits per heavy atom. The first-order chi connectivity index (χ1) is 13.5. The summed E-state index contributed by atoms with van der Waals surface area (Å²) in [5.41, 5.74) is 2.80. The van der Waals surface area contributed by atoms with Crippen LogP contribution in [-0.2, 0) is 4.74 Å². The van der Waals surface area contributed by atoms with E-state index in [1.807, 2.05) is 61.5 Å². The van der Waals surface area contributed by atoms with E-state index in [0.29, 0.717) is 12.3 Å². The molecule has 0 aliphatic carbocycles. The Balaban J connectivity index is 1.84. The first-order valence-corrected chi connectivity index (χ1v) is 9.64. The van der Waals surface area contributed by atoms with Gasteiger partial charge in [0.15, 0.2) is 5.75 Å². The second-order valence-corrected chi connectivity index (χ2v) is 7.15. The smallest absolute Gasteiger partial charge is 0.363 e. The summed E-state index contributed by atoms with van der Waals surface area (Å²) in [7, 11) is 0. The summed E-state index contributed by atoms with van der Waals surface area (Å²) in [5, 5.41) is 14.6. The van der Waals surface area contributed by atoms with Crippen LogP contribution in [0.1, 0.15) is 67.3 Å². The van der Waals surface area contributed by atoms with E-state index in [9.17, 15) is 9.90 Å². The number of esters is 1. The van der Waals surface area contributed by atoms with E-state index in [4.69, 9.17) is 4.74 Å². The summed E-state index contributed by atoms with van der Waals surface area (Å²) in [4.78, 5) is 12.7. The lowest BCUT2D eigenvalue weighted by atomic mass is 10.0. The van der Waals surface area contributed by atoms with Gasteiger partial charge in [-0.05, 0) is 35.6 Å². The van der Waals surface area contributed by atoms with Gasteiger partial charge in [0.1, 0.15) is 6.10 Å². The maximum absolute atomic E-state index is 12.7. The lowest BCUT2D eigenvalue weighted by molar-refractivity contribution is 0.0264. The minimum atomic E-state index is -0.626. The van der Waals surface area contributed by atoms with Crippen molar-refractivity contribution in [2.75, 3.05) is 0 Å². The van der Waals surface area contributed by atoms with E-state index in [1.165, 1.54) is 10.9 Å². The molecule has 0 saturated carbocycles. The number of benzene rings is 2. The van der Waals surface area contributed by atoms with Crippen molar-refractivity contribution in [3.8, 4) is 11.4 Å². The topological polar surface area (TPSA) is 64.3 Å². The molecule has 5 nitrogen and oxygen atoms in total. The number of hydrogen-bond donors (Lipinski definition) is 1. The van der Waals surface area contributed by atoms with Gasteiger partial charge in [0.25, 0.3) is 0 Å². The highest BCUT2D eigenvalue weighted by Gasteiger charge is 2.23. The van der Waals surface area contributed by atoms with Gasteiger partial charge in [-0.25, -0.2) is 9.48 Å². The average molecular weight is 378 g/mol. The number of carbonyl (C=O) groups is 1. The number of rotatable bonds is 7. The Bertz CT molecular complexity index is 932. The molecule has 5 heteroatoms. The van der Waals surface area contributed by atoms with Crippen LogP contribution in [0.2, 0.25) is 0 Å². The third-order valence-electron chi connectivity index (χ3n) is 4.66. The van der Waals surface area contributed by atoms with Gasteiger partial charge in [0, 0.05) is 0 Å². The van der Waals surface area contributed by atoms with Crippen molar-refractivity contribution in [3.63, 3.8) is 0 Å². The van der Waals surface area contributed by atoms with E-state index < -0.39 is 5.97 Å². The van der Waals surface area contributed by atoms with Crippen molar-refractivity contribution in [1.29, 1.82) is 0 Å². The Labute approximate surface area is 165 Å². The quantitative estimate of drug-likeness (QED) is 0.559. The first kappa shape index (κ1) is 19.7. The first-order valence-electron chi connectivity index (χ1n) is 9.64. The van der Waals surface area contributed by atoms with Crippen LogP contribution in [-0.4, -0.2) is 20.9 Å². The molecule has 0 amide bonds. The minimum Gasteiger partial charge on any atom is -0.504 e. The van der Waals surface area contributed by atoms with Crippen molar-refractivity contribution < 1.29 is 14.6 Å². The van der Waals surface area contributed by atoms with Gasteiger partial charge >= 0.3 is 5.97 Å². The zero-order valence-electron chi connectivity index (χ0n) is 16.5. The molecule has 1 aromatic heterocycles. The van der Waals surface area contributed by atoms with E-state index in [-0.39, 0.29) is 17.5 Å². The van der Waals surface area contributed by atoms with Gasteiger partial charge in [-0.3, -0.25) is 0 Å². The molecule has 0 saturated heterocycles. The van der Waals surface area contributed by atoms with Crippen LogP contribution in [0.25, 0.3) is 5.69 Å². The predicted molar refractivity (Wildman–Crippen MR) is 109 cm³/mol. The van der Waals surface area contributed by atoms with Crippen LogP contribution in [0.5, 0.6) is 5.75 Å². The highest BCUT2D eigenvalue weighted by molar-refractivity contribution is 5.90. The van der Waals surface area contributed by atoms with Crippen LogP contribution in [0.15, 0.2) is 60.8 Å². The lowest BCUT2D eigenvalue weighted by Gasteiger charge is -2.17. The van der Waals surface area contributed by atoms with Crippen LogP contribution in [0.3, 0.4) is 0 Å². The Morgan fingerprint density at radius 1 is 1.11 bits per heavy atom. The zero-order chi connectivity index (χ0) is 20.1. The molecule has 0 spiro atoms. The molecule has 1 atom stereocenters. The number of hydrogen-bond acceptors (Lipinski definition) is 4. The SMILES string of the molecule is CCCC(OC(=O)c1nn(-c2cccc(C(C)C)c2)cc1O)c1ccccc1. The number of carbonyl (C=O) groups excluding carboxylic acids is 1. The molecule has 3 rings (SSSR count). The third-order valence-corrected chi connectivity index (χ3v) is 4.66. The van der Waals surface area contributed by atoms with E-state index in [2.05, 4.69) is 18.9 Å². The third kappa shape index (κ3) is 4.42. The summed E-state index contributed by atoms with van der Waals surface area (Å²) in [6.45, 7) is 6.26. The maximum Gasteiger partial charge on any atom is 0.363 e. The van der Waals surface area contributed by atoms with E-state index in [0.717, 1.165) is 23.2 Å². The van der Waals surface area contributed by atoms with E-state index >= 15 is 0 Å². The van der Waals surface area contributed by atoms with Crippen molar-refractivity contribution >= 4 is 5.97 Å². The highest BCUT2D eigenvalue weighted by Crippen LogP contribution is 2.27. The van der Waals surface area contributed by atoms with Crippen molar-refractivity contribution in [2.24, 2.45) is 0 Å². The number of nitrogens with zero attached hydrogens (tertiary/aromatic N) is 2. The van der Waals surface area contributed by atoms with Crippen molar-refractivity contribution in [2.45, 2.75) is 45.6 Å². The van der Waals surface area contributed by atoms with Gasteiger partial charge in [-0.15, -0.1) is 0 Å². The summed E-state index contributed by atoms with van der Waals surface area (Å²) in [6.07, 6.45) is 2.64. The molecule has 0 aliphatic heterocycles. The molecule has 1 unspecified atom stereocenters. The molecule has 0 radical (unpaired) electrons. The molecule has 1 heterocycles. The Hall–Kier alpha value is -3.08. The summed E-state index contributed by atoms with van der Waals surface area (Å²) in [6, 6.07) is 17.5.